The van der Waals surface area contributed by atoms with E-state index in [0.717, 1.165) is 13.0 Å². The Morgan fingerprint density at radius 2 is 1.79 bits per heavy atom. The van der Waals surface area contributed by atoms with Gasteiger partial charge in [0.15, 0.2) is 0 Å². The fourth-order valence-electron chi connectivity index (χ4n) is 4.00. The zero-order chi connectivity index (χ0) is 20.5. The van der Waals surface area contributed by atoms with Gasteiger partial charge in [0.05, 0.1) is 16.6 Å². The maximum Gasteiger partial charge on any atom is 0.255 e. The normalized spacial score (nSPS) is 18.4. The number of rotatable bonds is 3. The molecule has 2 aliphatic heterocycles. The molecule has 1 aromatic heterocycles. The summed E-state index contributed by atoms with van der Waals surface area (Å²) in [6.45, 7) is 5.94. The summed E-state index contributed by atoms with van der Waals surface area (Å²) in [4.78, 5) is 33.1. The maximum absolute atomic E-state index is 13.0. The molecule has 2 amide bonds. The van der Waals surface area contributed by atoms with Crippen LogP contribution in [0.3, 0.4) is 0 Å². The number of carbonyl (C=O) groups is 2. The van der Waals surface area contributed by atoms with Crippen LogP contribution in [0.1, 0.15) is 27.7 Å². The van der Waals surface area contributed by atoms with E-state index >= 15 is 0 Å². The summed E-state index contributed by atoms with van der Waals surface area (Å²) in [7, 11) is 0. The summed E-state index contributed by atoms with van der Waals surface area (Å²) >= 11 is 13.9. The molecule has 154 valence electrons. The average Bonchev–Trinajstić information content (AvgIpc) is 3.20. The first kappa shape index (κ1) is 20.7. The van der Waals surface area contributed by atoms with Gasteiger partial charge in [0.1, 0.15) is 0 Å². The number of halogens is 2. The number of carbonyl (C=O) groups excluding carboxylic acids is 2. The van der Waals surface area contributed by atoms with Crippen molar-refractivity contribution in [3.05, 3.63) is 55.7 Å². The van der Waals surface area contributed by atoms with Gasteiger partial charge in [0, 0.05) is 49.2 Å². The van der Waals surface area contributed by atoms with Crippen molar-refractivity contribution in [1.82, 2.24) is 14.7 Å². The Morgan fingerprint density at radius 1 is 1.03 bits per heavy atom. The van der Waals surface area contributed by atoms with Gasteiger partial charge in [-0.15, -0.1) is 11.3 Å². The molecular formula is C21H23Cl2N3O2S. The molecule has 1 saturated heterocycles. The van der Waals surface area contributed by atoms with Crippen LogP contribution in [0.2, 0.25) is 10.0 Å². The predicted molar refractivity (Wildman–Crippen MR) is 117 cm³/mol. The first-order chi connectivity index (χ1) is 13.9. The van der Waals surface area contributed by atoms with Gasteiger partial charge >= 0.3 is 0 Å². The third-order valence-corrected chi connectivity index (χ3v) is 7.36. The number of nitrogens with zero attached hydrogens (tertiary/aromatic N) is 3. The molecule has 0 bridgehead atoms. The molecule has 3 heterocycles. The van der Waals surface area contributed by atoms with Crippen LogP contribution in [-0.4, -0.2) is 65.3 Å². The van der Waals surface area contributed by atoms with Crippen molar-refractivity contribution in [2.45, 2.75) is 25.9 Å². The van der Waals surface area contributed by atoms with E-state index in [9.17, 15) is 9.59 Å². The van der Waals surface area contributed by atoms with E-state index in [1.54, 1.807) is 34.4 Å². The lowest BCUT2D eigenvalue weighted by Crippen LogP contribution is -2.55. The summed E-state index contributed by atoms with van der Waals surface area (Å²) in [6.07, 6.45) is 0.940. The van der Waals surface area contributed by atoms with Crippen LogP contribution in [0, 0.1) is 0 Å². The number of amides is 2. The van der Waals surface area contributed by atoms with E-state index in [1.165, 1.54) is 10.4 Å². The Morgan fingerprint density at radius 3 is 2.52 bits per heavy atom. The van der Waals surface area contributed by atoms with Crippen LogP contribution in [0.15, 0.2) is 29.6 Å². The van der Waals surface area contributed by atoms with E-state index in [1.807, 2.05) is 11.8 Å². The van der Waals surface area contributed by atoms with Crippen molar-refractivity contribution in [2.24, 2.45) is 0 Å². The van der Waals surface area contributed by atoms with E-state index in [0.29, 0.717) is 48.3 Å². The lowest BCUT2D eigenvalue weighted by atomic mass is 10.1. The SMILES string of the molecule is CC(C(=O)N1CCc2sccc2C1)N1CCN(C(=O)c2ccc(Cl)cc2Cl)CC1. The lowest BCUT2D eigenvalue weighted by molar-refractivity contribution is -0.137. The Labute approximate surface area is 184 Å². The minimum Gasteiger partial charge on any atom is -0.337 e. The van der Waals surface area contributed by atoms with Crippen LogP contribution in [0.4, 0.5) is 0 Å². The molecule has 0 aliphatic carbocycles. The number of hydrogen-bond acceptors (Lipinski definition) is 4. The Hall–Kier alpha value is -1.60. The summed E-state index contributed by atoms with van der Waals surface area (Å²) < 4.78 is 0. The lowest BCUT2D eigenvalue weighted by Gasteiger charge is -2.39. The van der Waals surface area contributed by atoms with Crippen molar-refractivity contribution in [2.75, 3.05) is 32.7 Å². The smallest absolute Gasteiger partial charge is 0.255 e. The third kappa shape index (κ3) is 4.31. The molecule has 0 radical (unpaired) electrons. The fraction of sp³-hybridized carbons (Fsp3) is 0.429. The van der Waals surface area contributed by atoms with E-state index < -0.39 is 0 Å². The molecule has 0 N–H and O–H groups in total. The second-order valence-electron chi connectivity index (χ2n) is 7.51. The molecule has 29 heavy (non-hydrogen) atoms. The highest BCUT2D eigenvalue weighted by Crippen LogP contribution is 2.26. The van der Waals surface area contributed by atoms with Gasteiger partial charge in [-0.3, -0.25) is 14.5 Å². The van der Waals surface area contributed by atoms with E-state index in [4.69, 9.17) is 23.2 Å². The third-order valence-electron chi connectivity index (χ3n) is 5.79. The highest BCUT2D eigenvalue weighted by molar-refractivity contribution is 7.10. The van der Waals surface area contributed by atoms with Crippen molar-refractivity contribution in [3.8, 4) is 0 Å². The minimum absolute atomic E-state index is 0.0914. The molecule has 2 aromatic rings. The zero-order valence-corrected chi connectivity index (χ0v) is 18.6. The maximum atomic E-state index is 13.0. The number of thiophene rings is 1. The van der Waals surface area contributed by atoms with Gasteiger partial charge in [-0.2, -0.15) is 0 Å². The number of hydrogen-bond donors (Lipinski definition) is 0. The molecule has 0 spiro atoms. The van der Waals surface area contributed by atoms with Gasteiger partial charge in [-0.25, -0.2) is 0 Å². The Kier molecular flexibility index (Phi) is 6.16. The topological polar surface area (TPSA) is 43.9 Å². The Bertz CT molecular complexity index is 924. The molecule has 2 aliphatic rings. The molecule has 1 aromatic carbocycles. The van der Waals surface area contributed by atoms with Crippen molar-refractivity contribution in [3.63, 3.8) is 0 Å². The first-order valence-corrected chi connectivity index (χ1v) is 11.4. The van der Waals surface area contributed by atoms with Crippen LogP contribution >= 0.6 is 34.5 Å². The monoisotopic (exact) mass is 451 g/mol. The van der Waals surface area contributed by atoms with Crippen LogP contribution in [0.25, 0.3) is 0 Å². The highest BCUT2D eigenvalue weighted by Gasteiger charge is 2.32. The largest absolute Gasteiger partial charge is 0.337 e. The van der Waals surface area contributed by atoms with Crippen molar-refractivity contribution < 1.29 is 9.59 Å². The van der Waals surface area contributed by atoms with Crippen LogP contribution in [0.5, 0.6) is 0 Å². The van der Waals surface area contributed by atoms with E-state index in [2.05, 4.69) is 16.3 Å². The molecule has 5 nitrogen and oxygen atoms in total. The van der Waals surface area contributed by atoms with Gasteiger partial charge < -0.3 is 9.80 Å². The molecule has 0 saturated carbocycles. The summed E-state index contributed by atoms with van der Waals surface area (Å²) in [5.74, 6) is 0.0775. The van der Waals surface area contributed by atoms with Gasteiger partial charge in [-0.05, 0) is 48.6 Å². The quantitative estimate of drug-likeness (QED) is 0.712. The second-order valence-corrected chi connectivity index (χ2v) is 9.35. The van der Waals surface area contributed by atoms with Crippen molar-refractivity contribution in [1.29, 1.82) is 0 Å². The van der Waals surface area contributed by atoms with Crippen LogP contribution in [-0.2, 0) is 17.8 Å². The zero-order valence-electron chi connectivity index (χ0n) is 16.2. The standard InChI is InChI=1S/C21H23Cl2N3O2S/c1-14(20(27)26-6-4-19-15(13-26)5-11-29-19)24-7-9-25(10-8-24)21(28)17-3-2-16(22)12-18(17)23/h2-3,5,11-12,14H,4,6-10,13H2,1H3. The molecule has 8 heteroatoms. The van der Waals surface area contributed by atoms with E-state index in [-0.39, 0.29) is 17.9 Å². The van der Waals surface area contributed by atoms with Gasteiger partial charge in [0.25, 0.3) is 5.91 Å². The minimum atomic E-state index is -0.188. The number of fused-ring (bicyclic) bond motifs is 1. The second kappa shape index (κ2) is 8.64. The summed E-state index contributed by atoms with van der Waals surface area (Å²) in [6, 6.07) is 6.86. The van der Waals surface area contributed by atoms with Gasteiger partial charge in [0.2, 0.25) is 5.91 Å². The fourth-order valence-corrected chi connectivity index (χ4v) is 5.38. The Balaban J connectivity index is 1.34. The summed E-state index contributed by atoms with van der Waals surface area (Å²) in [5, 5.41) is 2.98. The van der Waals surface area contributed by atoms with Crippen LogP contribution < -0.4 is 0 Å². The molecule has 1 atom stereocenters. The molecular weight excluding hydrogens is 429 g/mol. The predicted octanol–water partition coefficient (Wildman–Crippen LogP) is 3.79. The highest BCUT2D eigenvalue weighted by atomic mass is 35.5. The molecule has 1 unspecified atom stereocenters. The number of piperazine rings is 1. The van der Waals surface area contributed by atoms with Crippen molar-refractivity contribution >= 4 is 46.4 Å². The summed E-state index contributed by atoms with van der Waals surface area (Å²) in [5.41, 5.74) is 1.74. The average molecular weight is 452 g/mol. The first-order valence-electron chi connectivity index (χ1n) is 9.76. The molecule has 4 rings (SSSR count). The molecule has 1 fully saturated rings. The number of benzene rings is 1. The van der Waals surface area contributed by atoms with Gasteiger partial charge in [-0.1, -0.05) is 23.2 Å².